The minimum Gasteiger partial charge on any atom is -0.481 e. The van der Waals surface area contributed by atoms with Gasteiger partial charge in [0.2, 0.25) is 5.88 Å². The number of methoxy groups -OCH3 is 1. The van der Waals surface area contributed by atoms with Gasteiger partial charge in [-0.3, -0.25) is 0 Å². The Labute approximate surface area is 105 Å². The molecule has 0 spiro atoms. The Balaban J connectivity index is 3.27. The third kappa shape index (κ3) is 3.32. The number of carbonyl (C=O) groups is 1. The van der Waals surface area contributed by atoms with Crippen LogP contribution in [0.1, 0.15) is 17.2 Å². The van der Waals surface area contributed by atoms with Crippen molar-refractivity contribution in [2.45, 2.75) is 18.4 Å². The third-order valence-corrected chi connectivity index (χ3v) is 2.27. The summed E-state index contributed by atoms with van der Waals surface area (Å²) in [5, 5.41) is 27.2. The number of aliphatic carboxylic acids is 1. The first kappa shape index (κ1) is 15.2. The number of aromatic nitrogens is 1. The number of pyridine rings is 1. The predicted octanol–water partition coefficient (Wildman–Crippen LogP) is 0.588. The smallest absolute Gasteiger partial charge is 0.417 e. The fourth-order valence-electron chi connectivity index (χ4n) is 1.31. The van der Waals surface area contributed by atoms with Crippen LogP contribution >= 0.6 is 0 Å². The molecule has 1 heterocycles. The molecular formula is C10H10F3NO5. The molecule has 1 aromatic heterocycles. The molecule has 0 radical (unpaired) electrons. The molecule has 0 aliphatic heterocycles. The molecule has 0 fully saturated rings. The summed E-state index contributed by atoms with van der Waals surface area (Å²) in [4.78, 5) is 13.8. The Morgan fingerprint density at radius 3 is 2.42 bits per heavy atom. The lowest BCUT2D eigenvalue weighted by Gasteiger charge is -2.18. The fourth-order valence-corrected chi connectivity index (χ4v) is 1.31. The lowest BCUT2D eigenvalue weighted by Crippen LogP contribution is -2.28. The Bertz CT molecular complexity index is 477. The number of halogens is 3. The van der Waals surface area contributed by atoms with E-state index in [4.69, 9.17) is 10.2 Å². The lowest BCUT2D eigenvalue weighted by atomic mass is 10.0. The largest absolute Gasteiger partial charge is 0.481 e. The first-order chi connectivity index (χ1) is 8.68. The fraction of sp³-hybridized carbons (Fsp3) is 0.400. The van der Waals surface area contributed by atoms with Gasteiger partial charge in [-0.05, 0) is 6.07 Å². The number of carboxylic acid groups (broad SMARTS) is 1. The maximum Gasteiger partial charge on any atom is 0.417 e. The first-order valence-electron chi connectivity index (χ1n) is 4.88. The summed E-state index contributed by atoms with van der Waals surface area (Å²) in [6, 6.07) is 0.475. The molecule has 9 heteroatoms. The lowest BCUT2D eigenvalue weighted by molar-refractivity contribution is -0.153. The van der Waals surface area contributed by atoms with Crippen LogP contribution in [-0.4, -0.2) is 39.5 Å². The number of aliphatic hydroxyl groups excluding tert-OH is 2. The molecule has 0 bridgehead atoms. The predicted molar refractivity (Wildman–Crippen MR) is 54.4 cm³/mol. The van der Waals surface area contributed by atoms with Crippen LogP contribution in [-0.2, 0) is 11.0 Å². The van der Waals surface area contributed by atoms with Crippen molar-refractivity contribution in [3.8, 4) is 5.88 Å². The molecule has 0 amide bonds. The second kappa shape index (κ2) is 5.41. The number of carboxylic acids is 1. The van der Waals surface area contributed by atoms with Crippen molar-refractivity contribution >= 4 is 5.97 Å². The normalized spacial score (nSPS) is 14.8. The van der Waals surface area contributed by atoms with Gasteiger partial charge in [-0.1, -0.05) is 0 Å². The Hall–Kier alpha value is -1.87. The Morgan fingerprint density at radius 1 is 1.42 bits per heavy atom. The van der Waals surface area contributed by atoms with Crippen LogP contribution in [0.25, 0.3) is 0 Å². The summed E-state index contributed by atoms with van der Waals surface area (Å²) in [5.41, 5.74) is -1.76. The molecule has 1 rings (SSSR count). The van der Waals surface area contributed by atoms with Gasteiger partial charge >= 0.3 is 12.1 Å². The zero-order valence-electron chi connectivity index (χ0n) is 9.55. The molecule has 106 valence electrons. The molecule has 6 nitrogen and oxygen atoms in total. The van der Waals surface area contributed by atoms with Crippen LogP contribution in [0, 0.1) is 0 Å². The molecule has 0 saturated heterocycles. The van der Waals surface area contributed by atoms with Gasteiger partial charge in [0.15, 0.2) is 6.10 Å². The van der Waals surface area contributed by atoms with E-state index in [0.717, 1.165) is 7.11 Å². The van der Waals surface area contributed by atoms with Crippen molar-refractivity contribution in [1.82, 2.24) is 4.98 Å². The van der Waals surface area contributed by atoms with Crippen molar-refractivity contribution in [2.24, 2.45) is 0 Å². The highest BCUT2D eigenvalue weighted by Gasteiger charge is 2.35. The van der Waals surface area contributed by atoms with Gasteiger partial charge < -0.3 is 20.1 Å². The summed E-state index contributed by atoms with van der Waals surface area (Å²) >= 11 is 0. The Morgan fingerprint density at radius 2 is 2.00 bits per heavy atom. The van der Waals surface area contributed by atoms with E-state index in [9.17, 15) is 23.1 Å². The van der Waals surface area contributed by atoms with E-state index in [1.807, 2.05) is 0 Å². The maximum absolute atomic E-state index is 12.5. The van der Waals surface area contributed by atoms with E-state index in [2.05, 4.69) is 9.72 Å². The summed E-state index contributed by atoms with van der Waals surface area (Å²) in [5.74, 6) is -2.19. The summed E-state index contributed by atoms with van der Waals surface area (Å²) < 4.78 is 42.1. The molecule has 3 N–H and O–H groups in total. The minimum atomic E-state index is -4.72. The number of alkyl halides is 3. The highest BCUT2D eigenvalue weighted by molar-refractivity contribution is 5.73. The topological polar surface area (TPSA) is 99.9 Å². The van der Waals surface area contributed by atoms with Gasteiger partial charge in [-0.15, -0.1) is 0 Å². The van der Waals surface area contributed by atoms with Crippen molar-refractivity contribution in [2.75, 3.05) is 7.11 Å². The van der Waals surface area contributed by atoms with Crippen LogP contribution in [0.3, 0.4) is 0 Å². The number of aliphatic hydroxyl groups is 2. The molecule has 1 aromatic rings. The molecule has 19 heavy (non-hydrogen) atoms. The van der Waals surface area contributed by atoms with Crippen molar-refractivity contribution in [1.29, 1.82) is 0 Å². The summed E-state index contributed by atoms with van der Waals surface area (Å²) in [6.45, 7) is 0. The molecule has 2 atom stereocenters. The van der Waals surface area contributed by atoms with Crippen LogP contribution in [0.15, 0.2) is 12.3 Å². The third-order valence-electron chi connectivity index (χ3n) is 2.27. The molecule has 0 aliphatic rings. The van der Waals surface area contributed by atoms with E-state index in [1.54, 1.807) is 0 Å². The zero-order chi connectivity index (χ0) is 14.8. The highest BCUT2D eigenvalue weighted by atomic mass is 19.4. The van der Waals surface area contributed by atoms with Crippen molar-refractivity contribution < 1.29 is 38.0 Å². The maximum atomic E-state index is 12.5. The van der Waals surface area contributed by atoms with Gasteiger partial charge in [-0.25, -0.2) is 9.78 Å². The molecule has 2 unspecified atom stereocenters. The van der Waals surface area contributed by atoms with E-state index in [-0.39, 0.29) is 0 Å². The van der Waals surface area contributed by atoms with Crippen LogP contribution in [0.5, 0.6) is 5.88 Å². The standard InChI is InChI=1S/C10H10F3NO5/c1-19-8-5(6(15)7(16)9(17)18)2-4(3-14-8)10(11,12)13/h2-3,6-7,15-16H,1H3,(H,17,18). The monoisotopic (exact) mass is 281 g/mol. The first-order valence-corrected chi connectivity index (χ1v) is 4.88. The van der Waals surface area contributed by atoms with Crippen molar-refractivity contribution in [3.63, 3.8) is 0 Å². The van der Waals surface area contributed by atoms with Crippen LogP contribution in [0.2, 0.25) is 0 Å². The molecule has 0 aliphatic carbocycles. The van der Waals surface area contributed by atoms with Crippen molar-refractivity contribution in [3.05, 3.63) is 23.4 Å². The highest BCUT2D eigenvalue weighted by Crippen LogP contribution is 2.34. The van der Waals surface area contributed by atoms with Gasteiger partial charge in [0.25, 0.3) is 0 Å². The van der Waals surface area contributed by atoms with Gasteiger partial charge in [0.1, 0.15) is 6.10 Å². The van der Waals surface area contributed by atoms with Gasteiger partial charge in [-0.2, -0.15) is 13.2 Å². The van der Waals surface area contributed by atoms with Gasteiger partial charge in [0, 0.05) is 11.8 Å². The molecule has 0 aromatic carbocycles. The number of ether oxygens (including phenoxy) is 1. The quantitative estimate of drug-likeness (QED) is 0.746. The molecule has 0 saturated carbocycles. The van der Waals surface area contributed by atoms with E-state index < -0.39 is 41.4 Å². The van der Waals surface area contributed by atoms with Crippen LogP contribution < -0.4 is 4.74 Å². The summed E-state index contributed by atoms with van der Waals surface area (Å²) in [7, 11) is 1.08. The van der Waals surface area contributed by atoms with E-state index >= 15 is 0 Å². The minimum absolute atomic E-state index is 0.402. The second-order valence-electron chi connectivity index (χ2n) is 3.55. The molecular weight excluding hydrogens is 271 g/mol. The van der Waals surface area contributed by atoms with E-state index in [1.165, 1.54) is 0 Å². The number of hydrogen-bond acceptors (Lipinski definition) is 5. The number of hydrogen-bond donors (Lipinski definition) is 3. The second-order valence-corrected chi connectivity index (χ2v) is 3.55. The van der Waals surface area contributed by atoms with Gasteiger partial charge in [0.05, 0.1) is 12.7 Å². The average Bonchev–Trinajstić information content (AvgIpc) is 2.34. The number of nitrogens with zero attached hydrogens (tertiary/aromatic N) is 1. The zero-order valence-corrected chi connectivity index (χ0v) is 9.55. The number of rotatable bonds is 4. The SMILES string of the molecule is COc1ncc(C(F)(F)F)cc1C(O)C(O)C(=O)O. The Kier molecular flexibility index (Phi) is 4.32. The summed E-state index contributed by atoms with van der Waals surface area (Å²) in [6.07, 6.45) is -8.63. The van der Waals surface area contributed by atoms with Crippen LogP contribution in [0.4, 0.5) is 13.2 Å². The average molecular weight is 281 g/mol. The van der Waals surface area contributed by atoms with E-state index in [0.29, 0.717) is 12.3 Å².